The number of benzene rings is 1. The van der Waals surface area contributed by atoms with Crippen molar-refractivity contribution in [3.05, 3.63) is 41.5 Å². The highest BCUT2D eigenvalue weighted by Crippen LogP contribution is 2.28. The maximum Gasteiger partial charge on any atom is 0.310 e. The predicted octanol–water partition coefficient (Wildman–Crippen LogP) is 1.48. The number of hydrogen-bond donors (Lipinski definition) is 1. The van der Waals surface area contributed by atoms with E-state index in [9.17, 15) is 9.59 Å². The highest BCUT2D eigenvalue weighted by atomic mass is 16.5. The van der Waals surface area contributed by atoms with Gasteiger partial charge in [-0.3, -0.25) is 9.59 Å². The number of aryl methyl sites for hydroxylation is 2. The van der Waals surface area contributed by atoms with Gasteiger partial charge in [-0.05, 0) is 26.0 Å². The molecule has 0 aliphatic rings. The zero-order valence-corrected chi connectivity index (χ0v) is 16.6. The van der Waals surface area contributed by atoms with Gasteiger partial charge in [-0.2, -0.15) is 10.1 Å². The molecule has 0 bridgehead atoms. The number of hydrogen-bond acceptors (Lipinski definition) is 8. The second-order valence-corrected chi connectivity index (χ2v) is 6.18. The maximum atomic E-state index is 12.3. The lowest BCUT2D eigenvalue weighted by Gasteiger charge is -2.12. The van der Waals surface area contributed by atoms with E-state index in [1.807, 2.05) is 6.92 Å². The topological polar surface area (TPSA) is 117 Å². The molecule has 3 rings (SSSR count). The summed E-state index contributed by atoms with van der Waals surface area (Å²) in [6.45, 7) is 3.17. The van der Waals surface area contributed by atoms with Crippen molar-refractivity contribution in [1.29, 1.82) is 0 Å². The van der Waals surface area contributed by atoms with Crippen molar-refractivity contribution in [2.45, 2.75) is 20.3 Å². The van der Waals surface area contributed by atoms with Gasteiger partial charge in [0.15, 0.2) is 6.61 Å². The van der Waals surface area contributed by atoms with Gasteiger partial charge in [-0.25, -0.2) is 9.50 Å². The second-order valence-electron chi connectivity index (χ2n) is 6.18. The molecule has 10 nitrogen and oxygen atoms in total. The van der Waals surface area contributed by atoms with Crippen molar-refractivity contribution in [2.75, 3.05) is 26.1 Å². The lowest BCUT2D eigenvalue weighted by molar-refractivity contribution is -0.146. The summed E-state index contributed by atoms with van der Waals surface area (Å²) in [5.74, 6) is 0.432. The van der Waals surface area contributed by atoms with Gasteiger partial charge >= 0.3 is 5.97 Å². The van der Waals surface area contributed by atoms with E-state index < -0.39 is 18.5 Å². The summed E-state index contributed by atoms with van der Waals surface area (Å²) in [4.78, 5) is 32.8. The van der Waals surface area contributed by atoms with Crippen molar-refractivity contribution < 1.29 is 23.8 Å². The quantitative estimate of drug-likeness (QED) is 0.594. The van der Waals surface area contributed by atoms with Crippen molar-refractivity contribution >= 4 is 23.3 Å². The number of nitrogens with zero attached hydrogens (tertiary/aromatic N) is 4. The molecule has 152 valence electrons. The van der Waals surface area contributed by atoms with Crippen molar-refractivity contribution in [2.24, 2.45) is 0 Å². The van der Waals surface area contributed by atoms with Crippen LogP contribution < -0.4 is 14.8 Å². The number of esters is 1. The molecular weight excluding hydrogens is 378 g/mol. The predicted molar refractivity (Wildman–Crippen MR) is 103 cm³/mol. The smallest absolute Gasteiger partial charge is 0.310 e. The molecule has 0 aliphatic heterocycles. The minimum atomic E-state index is -0.551. The Morgan fingerprint density at radius 2 is 1.97 bits per heavy atom. The molecule has 0 saturated carbocycles. The Bertz CT molecular complexity index is 1060. The van der Waals surface area contributed by atoms with Crippen LogP contribution in [0.2, 0.25) is 0 Å². The van der Waals surface area contributed by atoms with E-state index in [4.69, 9.17) is 14.2 Å². The van der Waals surface area contributed by atoms with Gasteiger partial charge in [0.25, 0.3) is 11.7 Å². The molecule has 0 spiro atoms. The lowest BCUT2D eigenvalue weighted by atomic mass is 10.1. The standard InChI is InChI=1S/C19H21N5O5/c1-11-14(12(2)24-19(22-11)20-10-21-24)8-18(26)29-9-17(25)23-15-7-13(27-3)5-6-16(15)28-4/h5-7,10H,8-9H2,1-4H3,(H,23,25). The third-order valence-electron chi connectivity index (χ3n) is 4.35. The number of aromatic nitrogens is 4. The molecule has 0 aliphatic carbocycles. The summed E-state index contributed by atoms with van der Waals surface area (Å²) in [5, 5.41) is 6.73. The molecule has 0 fully saturated rings. The molecule has 3 aromatic rings. The molecular formula is C19H21N5O5. The minimum absolute atomic E-state index is 0.0315. The fourth-order valence-electron chi connectivity index (χ4n) is 2.85. The number of carbonyl (C=O) groups excluding carboxylic acids is 2. The Labute approximate surface area is 166 Å². The fraction of sp³-hybridized carbons (Fsp3) is 0.316. The van der Waals surface area contributed by atoms with Crippen LogP contribution in [0.15, 0.2) is 24.5 Å². The summed E-state index contributed by atoms with van der Waals surface area (Å²) in [5.41, 5.74) is 2.50. The largest absolute Gasteiger partial charge is 0.497 e. The monoisotopic (exact) mass is 399 g/mol. The molecule has 0 radical (unpaired) electrons. The molecule has 29 heavy (non-hydrogen) atoms. The van der Waals surface area contributed by atoms with Crippen LogP contribution in [0.5, 0.6) is 11.5 Å². The number of nitrogens with one attached hydrogen (secondary N) is 1. The number of anilines is 1. The number of methoxy groups -OCH3 is 2. The SMILES string of the molecule is COc1ccc(OC)c(NC(=O)COC(=O)Cc2c(C)nc3ncnn3c2C)c1. The molecule has 1 aromatic carbocycles. The van der Waals surface area contributed by atoms with Gasteiger partial charge in [0.2, 0.25) is 0 Å². The molecule has 10 heteroatoms. The summed E-state index contributed by atoms with van der Waals surface area (Å²) in [7, 11) is 3.01. The third-order valence-corrected chi connectivity index (χ3v) is 4.35. The van der Waals surface area contributed by atoms with Crippen LogP contribution >= 0.6 is 0 Å². The van der Waals surface area contributed by atoms with Gasteiger partial charge in [-0.1, -0.05) is 0 Å². The van der Waals surface area contributed by atoms with Gasteiger partial charge in [0, 0.05) is 23.0 Å². The third kappa shape index (κ3) is 4.42. The van der Waals surface area contributed by atoms with Gasteiger partial charge in [0.05, 0.1) is 26.3 Å². The van der Waals surface area contributed by atoms with E-state index in [0.717, 1.165) is 5.69 Å². The normalized spacial score (nSPS) is 10.6. The number of ether oxygens (including phenoxy) is 3. The van der Waals surface area contributed by atoms with E-state index in [1.165, 1.54) is 20.5 Å². The summed E-state index contributed by atoms with van der Waals surface area (Å²) < 4.78 is 17.0. The van der Waals surface area contributed by atoms with Crippen molar-refractivity contribution in [3.8, 4) is 11.5 Å². The van der Waals surface area contributed by atoms with Crippen molar-refractivity contribution in [1.82, 2.24) is 19.6 Å². The molecule has 0 saturated heterocycles. The van der Waals surface area contributed by atoms with E-state index in [1.54, 1.807) is 29.6 Å². The molecule has 1 N–H and O–H groups in total. The fourth-order valence-corrected chi connectivity index (χ4v) is 2.85. The zero-order valence-electron chi connectivity index (χ0n) is 16.6. The first-order valence-corrected chi connectivity index (χ1v) is 8.76. The Morgan fingerprint density at radius 3 is 2.69 bits per heavy atom. The van der Waals surface area contributed by atoms with Crippen molar-refractivity contribution in [3.63, 3.8) is 0 Å². The number of amides is 1. The molecule has 2 aromatic heterocycles. The second kappa shape index (κ2) is 8.55. The summed E-state index contributed by atoms with van der Waals surface area (Å²) in [6, 6.07) is 4.99. The van der Waals surface area contributed by atoms with Crippen LogP contribution in [0.25, 0.3) is 5.78 Å². The van der Waals surface area contributed by atoms with E-state index in [2.05, 4.69) is 20.4 Å². The zero-order chi connectivity index (χ0) is 21.0. The average molecular weight is 399 g/mol. The molecule has 2 heterocycles. The number of carbonyl (C=O) groups is 2. The average Bonchev–Trinajstić information content (AvgIpc) is 3.18. The van der Waals surface area contributed by atoms with Gasteiger partial charge < -0.3 is 19.5 Å². The maximum absolute atomic E-state index is 12.3. The summed E-state index contributed by atoms with van der Waals surface area (Å²) >= 11 is 0. The van der Waals surface area contributed by atoms with Gasteiger partial charge in [-0.15, -0.1) is 0 Å². The Hall–Kier alpha value is -3.69. The summed E-state index contributed by atoms with van der Waals surface area (Å²) in [6.07, 6.45) is 1.37. The van der Waals surface area contributed by atoms with Crippen LogP contribution in [-0.4, -0.2) is 52.3 Å². The molecule has 0 atom stereocenters. The minimum Gasteiger partial charge on any atom is -0.497 e. The first kappa shape index (κ1) is 20.1. The first-order valence-electron chi connectivity index (χ1n) is 8.76. The molecule has 1 amide bonds. The first-order chi connectivity index (χ1) is 13.9. The van der Waals surface area contributed by atoms with E-state index >= 15 is 0 Å². The number of fused-ring (bicyclic) bond motifs is 1. The van der Waals surface area contributed by atoms with E-state index in [-0.39, 0.29) is 6.42 Å². The van der Waals surface area contributed by atoms with E-state index in [0.29, 0.717) is 34.2 Å². The van der Waals surface area contributed by atoms with Crippen LogP contribution in [0.3, 0.4) is 0 Å². The highest BCUT2D eigenvalue weighted by Gasteiger charge is 2.17. The molecule has 0 unspecified atom stereocenters. The Balaban J connectivity index is 1.62. The van der Waals surface area contributed by atoms with Crippen LogP contribution in [0, 0.1) is 13.8 Å². The van der Waals surface area contributed by atoms with Crippen LogP contribution in [0.4, 0.5) is 5.69 Å². The number of rotatable bonds is 7. The highest BCUT2D eigenvalue weighted by molar-refractivity contribution is 5.94. The van der Waals surface area contributed by atoms with Gasteiger partial charge in [0.1, 0.15) is 17.8 Å². The van der Waals surface area contributed by atoms with Crippen LogP contribution in [-0.2, 0) is 20.7 Å². The Kier molecular flexibility index (Phi) is 5.91. The lowest BCUT2D eigenvalue weighted by Crippen LogP contribution is -2.22. The Morgan fingerprint density at radius 1 is 1.17 bits per heavy atom. The van der Waals surface area contributed by atoms with Crippen LogP contribution in [0.1, 0.15) is 17.0 Å².